The lowest BCUT2D eigenvalue weighted by atomic mass is 10.1. The normalized spacial score (nSPS) is 11.3. The largest absolute Gasteiger partial charge is 0.507 e. The van der Waals surface area contributed by atoms with Gasteiger partial charge in [-0.25, -0.2) is 4.79 Å². The monoisotopic (exact) mass is 249 g/mol. The highest BCUT2D eigenvalue weighted by Crippen LogP contribution is 2.25. The van der Waals surface area contributed by atoms with Crippen molar-refractivity contribution in [2.24, 2.45) is 0 Å². The summed E-state index contributed by atoms with van der Waals surface area (Å²) < 4.78 is 0. The Bertz CT molecular complexity index is 497. The van der Waals surface area contributed by atoms with Crippen LogP contribution in [0, 0.1) is 12.3 Å². The van der Waals surface area contributed by atoms with E-state index >= 15 is 0 Å². The molecule has 94 valence electrons. The minimum Gasteiger partial charge on any atom is -0.507 e. The first-order valence-corrected chi connectivity index (χ1v) is 4.95. The van der Waals surface area contributed by atoms with Gasteiger partial charge < -0.3 is 20.6 Å². The van der Waals surface area contributed by atoms with Gasteiger partial charge in [0.1, 0.15) is 23.1 Å². The van der Waals surface area contributed by atoms with Crippen LogP contribution in [0.1, 0.15) is 16.8 Å². The summed E-state index contributed by atoms with van der Waals surface area (Å²) in [5.41, 5.74) is -0.388. The molecule has 0 spiro atoms. The lowest BCUT2D eigenvalue weighted by Crippen LogP contribution is -2.40. The van der Waals surface area contributed by atoms with Gasteiger partial charge in [-0.1, -0.05) is 6.07 Å². The summed E-state index contributed by atoms with van der Waals surface area (Å²) >= 11 is 0. The third-order valence-corrected chi connectivity index (χ3v) is 2.17. The number of hydrogen-bond acceptors (Lipinski definition) is 4. The number of rotatable bonds is 4. The van der Waals surface area contributed by atoms with Crippen molar-refractivity contribution in [3.05, 3.63) is 23.8 Å². The summed E-state index contributed by atoms with van der Waals surface area (Å²) in [4.78, 5) is 22.5. The van der Waals surface area contributed by atoms with Crippen LogP contribution < -0.4 is 5.32 Å². The fourth-order valence-electron chi connectivity index (χ4n) is 1.31. The summed E-state index contributed by atoms with van der Waals surface area (Å²) in [5, 5.41) is 29.8. The Morgan fingerprint density at radius 3 is 2.33 bits per heavy atom. The lowest BCUT2D eigenvalue weighted by molar-refractivity contribution is -0.139. The second kappa shape index (κ2) is 5.59. The molecule has 1 rings (SSSR count). The van der Waals surface area contributed by atoms with Gasteiger partial charge in [-0.3, -0.25) is 4.79 Å². The molecule has 1 amide bonds. The summed E-state index contributed by atoms with van der Waals surface area (Å²) in [6, 6.07) is 2.47. The van der Waals surface area contributed by atoms with Gasteiger partial charge >= 0.3 is 5.97 Å². The van der Waals surface area contributed by atoms with Crippen molar-refractivity contribution in [1.82, 2.24) is 5.32 Å². The van der Waals surface area contributed by atoms with Crippen LogP contribution in [0.2, 0.25) is 0 Å². The number of carbonyl (C=O) groups is 2. The van der Waals surface area contributed by atoms with Crippen LogP contribution in [0.25, 0.3) is 0 Å². The predicted molar refractivity (Wildman–Crippen MR) is 62.1 cm³/mol. The standard InChI is InChI=1S/C12H11NO5/c1-2-4-7(12(17)18)13-11(16)10-8(14)5-3-6-9(10)15/h1,3,5-7,14-15H,4H2,(H,13,16)(H,17,18). The Labute approximate surface area is 103 Å². The molecule has 6 nitrogen and oxygen atoms in total. The molecular formula is C12H11NO5. The quantitative estimate of drug-likeness (QED) is 0.574. The van der Waals surface area contributed by atoms with Crippen LogP contribution in [-0.2, 0) is 4.79 Å². The van der Waals surface area contributed by atoms with Crippen LogP contribution >= 0.6 is 0 Å². The number of terminal acetylenes is 1. The number of aliphatic carboxylic acids is 1. The summed E-state index contributed by atoms with van der Waals surface area (Å²) in [6.07, 6.45) is 4.78. The number of amides is 1. The molecule has 1 unspecified atom stereocenters. The van der Waals surface area contributed by atoms with Gasteiger partial charge in [0.25, 0.3) is 5.91 Å². The molecule has 0 aliphatic rings. The topological polar surface area (TPSA) is 107 Å². The molecule has 0 saturated heterocycles. The van der Waals surface area contributed by atoms with Crippen molar-refractivity contribution in [2.45, 2.75) is 12.5 Å². The molecule has 1 aromatic carbocycles. The number of phenolic OH excluding ortho intramolecular Hbond substituents is 2. The Hall–Kier alpha value is -2.68. The van der Waals surface area contributed by atoms with Gasteiger partial charge in [-0.05, 0) is 12.1 Å². The van der Waals surface area contributed by atoms with Gasteiger partial charge in [0.15, 0.2) is 0 Å². The van der Waals surface area contributed by atoms with Crippen LogP contribution in [0.4, 0.5) is 0 Å². The maximum absolute atomic E-state index is 11.7. The minimum atomic E-state index is -1.30. The van der Waals surface area contributed by atoms with Gasteiger partial charge in [0.05, 0.1) is 0 Å². The van der Waals surface area contributed by atoms with Crippen LogP contribution in [0.15, 0.2) is 18.2 Å². The van der Waals surface area contributed by atoms with E-state index in [0.717, 1.165) is 0 Å². The average Bonchev–Trinajstić information content (AvgIpc) is 2.28. The van der Waals surface area contributed by atoms with E-state index in [1.54, 1.807) is 0 Å². The van der Waals surface area contributed by atoms with Gasteiger partial charge in [-0.2, -0.15) is 0 Å². The fraction of sp³-hybridized carbons (Fsp3) is 0.167. The molecule has 0 bridgehead atoms. The number of hydrogen-bond donors (Lipinski definition) is 4. The number of carbonyl (C=O) groups excluding carboxylic acids is 1. The molecule has 18 heavy (non-hydrogen) atoms. The van der Waals surface area contributed by atoms with E-state index in [9.17, 15) is 19.8 Å². The second-order valence-electron chi connectivity index (χ2n) is 3.44. The number of carboxylic acid groups (broad SMARTS) is 1. The highest BCUT2D eigenvalue weighted by molar-refractivity contribution is 6.01. The van der Waals surface area contributed by atoms with E-state index in [2.05, 4.69) is 11.2 Å². The SMILES string of the molecule is C#CCC(NC(=O)c1c(O)cccc1O)C(=O)O. The van der Waals surface area contributed by atoms with Gasteiger partial charge in [0, 0.05) is 6.42 Å². The summed E-state index contributed by atoms with van der Waals surface area (Å²) in [6.45, 7) is 0. The zero-order chi connectivity index (χ0) is 13.7. The fourth-order valence-corrected chi connectivity index (χ4v) is 1.31. The van der Waals surface area contributed by atoms with E-state index < -0.39 is 29.4 Å². The number of benzene rings is 1. The Balaban J connectivity index is 2.95. The Morgan fingerprint density at radius 1 is 1.33 bits per heavy atom. The smallest absolute Gasteiger partial charge is 0.327 e. The summed E-state index contributed by atoms with van der Waals surface area (Å²) in [5.74, 6) is -0.983. The Morgan fingerprint density at radius 2 is 1.89 bits per heavy atom. The van der Waals surface area contributed by atoms with Crippen molar-refractivity contribution in [2.75, 3.05) is 0 Å². The molecule has 0 radical (unpaired) electrons. The van der Waals surface area contributed by atoms with Gasteiger partial charge in [-0.15, -0.1) is 12.3 Å². The number of phenols is 2. The van der Waals surface area contributed by atoms with E-state index in [0.29, 0.717) is 0 Å². The number of nitrogens with one attached hydrogen (secondary N) is 1. The second-order valence-corrected chi connectivity index (χ2v) is 3.44. The molecule has 0 heterocycles. The first-order valence-electron chi connectivity index (χ1n) is 4.95. The van der Waals surface area contributed by atoms with Crippen molar-refractivity contribution in [3.63, 3.8) is 0 Å². The molecule has 0 saturated carbocycles. The number of carboxylic acids is 1. The molecule has 0 aliphatic heterocycles. The molecule has 0 aromatic heterocycles. The molecule has 6 heteroatoms. The zero-order valence-corrected chi connectivity index (χ0v) is 9.25. The van der Waals surface area contributed by atoms with Crippen LogP contribution in [-0.4, -0.2) is 33.2 Å². The lowest BCUT2D eigenvalue weighted by Gasteiger charge is -2.13. The molecule has 1 aromatic rings. The first-order chi connectivity index (χ1) is 8.47. The average molecular weight is 249 g/mol. The molecular weight excluding hydrogens is 238 g/mol. The molecule has 0 fully saturated rings. The third-order valence-electron chi connectivity index (χ3n) is 2.17. The zero-order valence-electron chi connectivity index (χ0n) is 9.25. The maximum atomic E-state index is 11.7. The van der Waals surface area contributed by atoms with E-state index in [1.807, 2.05) is 0 Å². The molecule has 4 N–H and O–H groups in total. The van der Waals surface area contributed by atoms with Crippen molar-refractivity contribution in [3.8, 4) is 23.8 Å². The Kier molecular flexibility index (Phi) is 4.16. The van der Waals surface area contributed by atoms with E-state index in [1.165, 1.54) is 18.2 Å². The summed E-state index contributed by atoms with van der Waals surface area (Å²) in [7, 11) is 0. The van der Waals surface area contributed by atoms with Crippen LogP contribution in [0.3, 0.4) is 0 Å². The number of aromatic hydroxyl groups is 2. The maximum Gasteiger partial charge on any atom is 0.327 e. The van der Waals surface area contributed by atoms with Crippen molar-refractivity contribution < 1.29 is 24.9 Å². The van der Waals surface area contributed by atoms with Gasteiger partial charge in [0.2, 0.25) is 0 Å². The van der Waals surface area contributed by atoms with Crippen molar-refractivity contribution >= 4 is 11.9 Å². The first kappa shape index (κ1) is 13.4. The van der Waals surface area contributed by atoms with Crippen LogP contribution in [0.5, 0.6) is 11.5 Å². The van der Waals surface area contributed by atoms with E-state index in [4.69, 9.17) is 11.5 Å². The van der Waals surface area contributed by atoms with Crippen molar-refractivity contribution in [1.29, 1.82) is 0 Å². The molecule has 0 aliphatic carbocycles. The predicted octanol–water partition coefficient (Wildman–Crippen LogP) is 0.304. The third kappa shape index (κ3) is 2.92. The highest BCUT2D eigenvalue weighted by Gasteiger charge is 2.23. The molecule has 1 atom stereocenters. The highest BCUT2D eigenvalue weighted by atomic mass is 16.4. The van der Waals surface area contributed by atoms with E-state index in [-0.39, 0.29) is 12.0 Å². The minimum absolute atomic E-state index is 0.199.